The second kappa shape index (κ2) is 7.19. The molecular formula is C16H14ClFN2O3. The Morgan fingerprint density at radius 3 is 2.61 bits per heavy atom. The van der Waals surface area contributed by atoms with E-state index in [1.165, 1.54) is 24.4 Å². The smallest absolute Gasteiger partial charge is 0.338 e. The molecule has 23 heavy (non-hydrogen) atoms. The molecule has 1 N–H and O–H groups in total. The number of hydrogen-bond donors (Lipinski definition) is 1. The lowest BCUT2D eigenvalue weighted by Crippen LogP contribution is -2.15. The zero-order chi connectivity index (χ0) is 17.0. The molecule has 0 spiro atoms. The van der Waals surface area contributed by atoms with Gasteiger partial charge in [-0.15, -0.1) is 0 Å². The van der Waals surface area contributed by atoms with Crippen LogP contribution in [0.5, 0.6) is 0 Å². The van der Waals surface area contributed by atoms with E-state index in [4.69, 9.17) is 16.3 Å². The largest absolute Gasteiger partial charge is 0.459 e. The van der Waals surface area contributed by atoms with Crippen molar-refractivity contribution in [2.45, 2.75) is 20.0 Å². The minimum atomic E-state index is -0.627. The summed E-state index contributed by atoms with van der Waals surface area (Å²) < 4.78 is 18.2. The average Bonchev–Trinajstić information content (AvgIpc) is 2.48. The molecule has 0 radical (unpaired) electrons. The van der Waals surface area contributed by atoms with Crippen LogP contribution in [0.3, 0.4) is 0 Å². The van der Waals surface area contributed by atoms with E-state index in [0.717, 1.165) is 12.3 Å². The minimum absolute atomic E-state index is 0.0382. The number of nitrogens with one attached hydrogen (secondary N) is 1. The number of carbonyl (C=O) groups excluding carboxylic acids is 2. The lowest BCUT2D eigenvalue weighted by atomic mass is 10.2. The van der Waals surface area contributed by atoms with Crippen LogP contribution in [0.1, 0.15) is 34.6 Å². The van der Waals surface area contributed by atoms with Crippen LogP contribution < -0.4 is 5.32 Å². The molecule has 1 amide bonds. The summed E-state index contributed by atoms with van der Waals surface area (Å²) in [6.07, 6.45) is 1.95. The summed E-state index contributed by atoms with van der Waals surface area (Å²) >= 11 is 6.01. The molecule has 0 aliphatic carbocycles. The van der Waals surface area contributed by atoms with Gasteiger partial charge in [0.25, 0.3) is 5.91 Å². The molecule has 2 rings (SSSR count). The number of ether oxygens (including phenoxy) is 1. The molecule has 0 saturated heterocycles. The monoisotopic (exact) mass is 336 g/mol. The topological polar surface area (TPSA) is 68.3 Å². The summed E-state index contributed by atoms with van der Waals surface area (Å²) in [6.45, 7) is 3.46. The molecule has 1 aromatic heterocycles. The SMILES string of the molecule is CC(C)OC(=O)c1ccc(Cl)c(NC(=O)c2cncc(F)c2)c1. The molecule has 2 aromatic rings. The van der Waals surface area contributed by atoms with Gasteiger partial charge in [0.05, 0.1) is 34.1 Å². The first-order valence-electron chi connectivity index (χ1n) is 6.79. The highest BCUT2D eigenvalue weighted by Gasteiger charge is 2.14. The Kier molecular flexibility index (Phi) is 5.28. The molecule has 0 fully saturated rings. The number of aromatic nitrogens is 1. The van der Waals surface area contributed by atoms with Gasteiger partial charge < -0.3 is 10.1 Å². The van der Waals surface area contributed by atoms with Gasteiger partial charge in [0.15, 0.2) is 0 Å². The molecule has 0 aliphatic rings. The average molecular weight is 337 g/mol. The number of nitrogens with zero attached hydrogens (tertiary/aromatic N) is 1. The van der Waals surface area contributed by atoms with Crippen molar-refractivity contribution in [1.29, 1.82) is 0 Å². The lowest BCUT2D eigenvalue weighted by molar-refractivity contribution is 0.0378. The summed E-state index contributed by atoms with van der Waals surface area (Å²) in [7, 11) is 0. The predicted molar refractivity (Wildman–Crippen MR) is 84.2 cm³/mol. The van der Waals surface area contributed by atoms with E-state index in [9.17, 15) is 14.0 Å². The molecule has 7 heteroatoms. The van der Waals surface area contributed by atoms with Crippen molar-refractivity contribution in [2.75, 3.05) is 5.32 Å². The van der Waals surface area contributed by atoms with Gasteiger partial charge in [0, 0.05) is 6.20 Å². The maximum atomic E-state index is 13.1. The number of esters is 1. The Labute approximate surface area is 137 Å². The van der Waals surface area contributed by atoms with Gasteiger partial charge in [-0.1, -0.05) is 11.6 Å². The van der Waals surface area contributed by atoms with Gasteiger partial charge in [-0.05, 0) is 38.1 Å². The third-order valence-electron chi connectivity index (χ3n) is 2.76. The zero-order valence-corrected chi connectivity index (χ0v) is 13.2. The summed E-state index contributed by atoms with van der Waals surface area (Å²) in [5.74, 6) is -1.74. The predicted octanol–water partition coefficient (Wildman–Crippen LogP) is 3.69. The van der Waals surface area contributed by atoms with Crippen LogP contribution in [0, 0.1) is 5.82 Å². The molecule has 1 aromatic carbocycles. The maximum Gasteiger partial charge on any atom is 0.338 e. The summed E-state index contributed by atoms with van der Waals surface area (Å²) in [6, 6.07) is 5.41. The summed E-state index contributed by atoms with van der Waals surface area (Å²) in [4.78, 5) is 27.6. The van der Waals surface area contributed by atoms with Crippen molar-refractivity contribution < 1.29 is 18.7 Å². The van der Waals surface area contributed by atoms with Crippen molar-refractivity contribution in [2.24, 2.45) is 0 Å². The Balaban J connectivity index is 2.22. The lowest BCUT2D eigenvalue weighted by Gasteiger charge is -2.11. The standard InChI is InChI=1S/C16H14ClFN2O3/c1-9(2)23-16(22)10-3-4-13(17)14(6-10)20-15(21)11-5-12(18)8-19-7-11/h3-9H,1-2H3,(H,20,21). The first-order chi connectivity index (χ1) is 10.9. The number of rotatable bonds is 4. The van der Waals surface area contributed by atoms with E-state index < -0.39 is 17.7 Å². The maximum absolute atomic E-state index is 13.1. The summed E-state index contributed by atoms with van der Waals surface area (Å²) in [5.41, 5.74) is 0.506. The van der Waals surface area contributed by atoms with Crippen LogP contribution >= 0.6 is 11.6 Å². The van der Waals surface area contributed by atoms with Crippen molar-refractivity contribution in [3.05, 3.63) is 58.6 Å². The quantitative estimate of drug-likeness (QED) is 0.864. The molecule has 0 saturated carbocycles. The number of benzene rings is 1. The number of carbonyl (C=O) groups is 2. The zero-order valence-electron chi connectivity index (χ0n) is 12.5. The van der Waals surface area contributed by atoms with Crippen LogP contribution in [0.15, 0.2) is 36.7 Å². The van der Waals surface area contributed by atoms with E-state index >= 15 is 0 Å². The van der Waals surface area contributed by atoms with Gasteiger partial charge >= 0.3 is 5.97 Å². The second-order valence-corrected chi connectivity index (χ2v) is 5.40. The molecule has 120 valence electrons. The third kappa shape index (κ3) is 4.50. The Morgan fingerprint density at radius 1 is 1.22 bits per heavy atom. The van der Waals surface area contributed by atoms with Crippen molar-refractivity contribution >= 4 is 29.2 Å². The van der Waals surface area contributed by atoms with Gasteiger partial charge in [0.1, 0.15) is 5.82 Å². The highest BCUT2D eigenvalue weighted by Crippen LogP contribution is 2.24. The molecule has 0 bridgehead atoms. The van der Waals surface area contributed by atoms with Crippen LogP contribution in [-0.4, -0.2) is 23.0 Å². The van der Waals surface area contributed by atoms with Crippen LogP contribution in [0.25, 0.3) is 0 Å². The first-order valence-corrected chi connectivity index (χ1v) is 7.17. The number of amides is 1. The van der Waals surface area contributed by atoms with Gasteiger partial charge in [-0.2, -0.15) is 0 Å². The highest BCUT2D eigenvalue weighted by atomic mass is 35.5. The van der Waals surface area contributed by atoms with Crippen LogP contribution in [0.4, 0.5) is 10.1 Å². The van der Waals surface area contributed by atoms with Gasteiger partial charge in [-0.3, -0.25) is 9.78 Å². The minimum Gasteiger partial charge on any atom is -0.459 e. The molecule has 0 atom stereocenters. The van der Waals surface area contributed by atoms with Crippen LogP contribution in [0.2, 0.25) is 5.02 Å². The van der Waals surface area contributed by atoms with Crippen molar-refractivity contribution in [1.82, 2.24) is 4.98 Å². The molecular weight excluding hydrogens is 323 g/mol. The van der Waals surface area contributed by atoms with E-state index in [1.54, 1.807) is 13.8 Å². The Morgan fingerprint density at radius 2 is 1.96 bits per heavy atom. The number of halogens is 2. The van der Waals surface area contributed by atoms with Crippen molar-refractivity contribution in [3.8, 4) is 0 Å². The third-order valence-corrected chi connectivity index (χ3v) is 3.09. The Bertz CT molecular complexity index is 750. The number of hydrogen-bond acceptors (Lipinski definition) is 4. The normalized spacial score (nSPS) is 10.5. The van der Waals surface area contributed by atoms with Gasteiger partial charge in [-0.25, -0.2) is 9.18 Å². The first kappa shape index (κ1) is 16.9. The van der Waals surface area contributed by atoms with Crippen molar-refractivity contribution in [3.63, 3.8) is 0 Å². The van der Waals surface area contributed by atoms with E-state index in [-0.39, 0.29) is 27.9 Å². The molecule has 0 unspecified atom stereocenters. The fourth-order valence-corrected chi connectivity index (χ4v) is 1.93. The Hall–Kier alpha value is -2.47. The fourth-order valence-electron chi connectivity index (χ4n) is 1.76. The van der Waals surface area contributed by atoms with Gasteiger partial charge in [0.2, 0.25) is 0 Å². The fraction of sp³-hybridized carbons (Fsp3) is 0.188. The molecule has 1 heterocycles. The highest BCUT2D eigenvalue weighted by molar-refractivity contribution is 6.34. The van der Waals surface area contributed by atoms with E-state index in [0.29, 0.717) is 0 Å². The molecule has 5 nitrogen and oxygen atoms in total. The number of pyridine rings is 1. The van der Waals surface area contributed by atoms with E-state index in [2.05, 4.69) is 10.3 Å². The molecule has 0 aliphatic heterocycles. The second-order valence-electron chi connectivity index (χ2n) is 4.99. The van der Waals surface area contributed by atoms with Crippen LogP contribution in [-0.2, 0) is 4.74 Å². The van der Waals surface area contributed by atoms with E-state index in [1.807, 2.05) is 0 Å². The number of anilines is 1. The summed E-state index contributed by atoms with van der Waals surface area (Å²) in [5, 5.41) is 2.76.